The molecule has 0 saturated carbocycles. The fraction of sp³-hybridized carbons (Fsp3) is 0.273. The van der Waals surface area contributed by atoms with Crippen molar-refractivity contribution in [3.05, 3.63) is 32.8 Å². The van der Waals surface area contributed by atoms with Crippen LogP contribution < -0.4 is 0 Å². The highest BCUT2D eigenvalue weighted by molar-refractivity contribution is 7.20. The van der Waals surface area contributed by atoms with E-state index in [0.29, 0.717) is 19.2 Å². The van der Waals surface area contributed by atoms with Gasteiger partial charge in [-0.1, -0.05) is 0 Å². The molecule has 0 aliphatic carbocycles. The number of aliphatic imine (C=N–C) groups is 1. The third kappa shape index (κ3) is 2.42. The highest BCUT2D eigenvalue weighted by Gasteiger charge is 2.34. The summed E-state index contributed by atoms with van der Waals surface area (Å²) in [4.78, 5) is 18.1. The first-order valence-electron chi connectivity index (χ1n) is 5.70. The average molecular weight is 317 g/mol. The van der Waals surface area contributed by atoms with E-state index in [-0.39, 0.29) is 21.1 Å². The van der Waals surface area contributed by atoms with E-state index in [1.54, 1.807) is 0 Å². The van der Waals surface area contributed by atoms with Crippen LogP contribution >= 0.6 is 11.3 Å². The molecule has 0 radical (unpaired) electrons. The lowest BCUT2D eigenvalue weighted by molar-refractivity contribution is -0.383. The highest BCUT2D eigenvalue weighted by atomic mass is 32.1. The smallest absolute Gasteiger partial charge is 0.416 e. The minimum absolute atomic E-state index is 0.0706. The summed E-state index contributed by atoms with van der Waals surface area (Å²) in [5, 5.41) is 11.2. The Bertz CT molecular complexity index is 769. The summed E-state index contributed by atoms with van der Waals surface area (Å²) in [5.41, 5.74) is -1.82. The molecule has 1 aromatic carbocycles. The van der Waals surface area contributed by atoms with Crippen molar-refractivity contribution in [2.45, 2.75) is 6.18 Å². The molecule has 1 aromatic heterocycles. The molecule has 10 heteroatoms. The number of ether oxygens (including phenoxy) is 1. The zero-order chi connectivity index (χ0) is 15.2. The van der Waals surface area contributed by atoms with E-state index in [1.807, 2.05) is 0 Å². The third-order valence-electron chi connectivity index (χ3n) is 2.76. The summed E-state index contributed by atoms with van der Waals surface area (Å²) in [6, 6.07) is 1.31. The van der Waals surface area contributed by atoms with E-state index in [4.69, 9.17) is 4.74 Å². The van der Waals surface area contributed by atoms with Crippen molar-refractivity contribution in [2.24, 2.45) is 4.99 Å². The van der Waals surface area contributed by atoms with Crippen LogP contribution in [0.3, 0.4) is 0 Å². The molecule has 3 rings (SSSR count). The van der Waals surface area contributed by atoms with Gasteiger partial charge in [-0.2, -0.15) is 13.2 Å². The molecular weight excluding hydrogens is 311 g/mol. The van der Waals surface area contributed by atoms with Gasteiger partial charge in [0.2, 0.25) is 5.90 Å². The molecule has 0 N–H and O–H groups in total. The Morgan fingerprint density at radius 3 is 2.71 bits per heavy atom. The van der Waals surface area contributed by atoms with Crippen molar-refractivity contribution in [3.63, 3.8) is 0 Å². The van der Waals surface area contributed by atoms with Crippen molar-refractivity contribution in [1.29, 1.82) is 0 Å². The standard InChI is InChI=1S/C11H6F3N3O3S/c12-11(13,14)5-3-6-8(7(4-5)17(18)19)21-10(16-6)9-15-1-2-20-9/h3-4H,1-2H2. The van der Waals surface area contributed by atoms with E-state index in [9.17, 15) is 23.3 Å². The monoisotopic (exact) mass is 317 g/mol. The van der Waals surface area contributed by atoms with Crippen LogP contribution in [0.2, 0.25) is 0 Å². The molecule has 0 bridgehead atoms. The molecule has 0 saturated heterocycles. The predicted molar refractivity (Wildman–Crippen MR) is 68.6 cm³/mol. The summed E-state index contributed by atoms with van der Waals surface area (Å²) in [6.45, 7) is 0.794. The largest absolute Gasteiger partial charge is 0.474 e. The van der Waals surface area contributed by atoms with Crippen LogP contribution in [0.15, 0.2) is 17.1 Å². The second kappa shape index (κ2) is 4.65. The molecule has 21 heavy (non-hydrogen) atoms. The quantitative estimate of drug-likeness (QED) is 0.630. The number of rotatable bonds is 2. The number of hydrogen-bond donors (Lipinski definition) is 0. The number of thiazole rings is 1. The van der Waals surface area contributed by atoms with Crippen molar-refractivity contribution in [2.75, 3.05) is 13.2 Å². The molecule has 0 amide bonds. The van der Waals surface area contributed by atoms with E-state index in [1.165, 1.54) is 0 Å². The molecule has 0 atom stereocenters. The molecule has 110 valence electrons. The van der Waals surface area contributed by atoms with Crippen molar-refractivity contribution >= 4 is 33.1 Å². The Labute approximate surface area is 119 Å². The highest BCUT2D eigenvalue weighted by Crippen LogP contribution is 2.38. The zero-order valence-electron chi connectivity index (χ0n) is 10.2. The number of benzene rings is 1. The first-order valence-corrected chi connectivity index (χ1v) is 6.51. The fourth-order valence-electron chi connectivity index (χ4n) is 1.87. The van der Waals surface area contributed by atoms with E-state index >= 15 is 0 Å². The molecule has 2 aromatic rings. The maximum absolute atomic E-state index is 12.8. The number of nitrogens with zero attached hydrogens (tertiary/aromatic N) is 3. The topological polar surface area (TPSA) is 77.6 Å². The zero-order valence-corrected chi connectivity index (χ0v) is 11.0. The van der Waals surface area contributed by atoms with Gasteiger partial charge in [0, 0.05) is 6.07 Å². The van der Waals surface area contributed by atoms with Crippen LogP contribution in [0, 0.1) is 10.1 Å². The Balaban J connectivity index is 2.22. The van der Waals surface area contributed by atoms with Crippen LogP contribution in [-0.4, -0.2) is 29.0 Å². The van der Waals surface area contributed by atoms with Gasteiger partial charge in [0.25, 0.3) is 5.69 Å². The van der Waals surface area contributed by atoms with Crippen LogP contribution in [0.25, 0.3) is 10.2 Å². The number of fused-ring (bicyclic) bond motifs is 1. The lowest BCUT2D eigenvalue weighted by Gasteiger charge is -2.05. The van der Waals surface area contributed by atoms with E-state index in [0.717, 1.165) is 17.4 Å². The molecule has 2 heterocycles. The van der Waals surface area contributed by atoms with Gasteiger partial charge in [0.1, 0.15) is 11.3 Å². The number of halogens is 3. The van der Waals surface area contributed by atoms with Crippen LogP contribution in [0.4, 0.5) is 18.9 Å². The number of nitro benzene ring substituents is 1. The number of hydrogen-bond acceptors (Lipinski definition) is 6. The summed E-state index contributed by atoms with van der Waals surface area (Å²) >= 11 is 0.893. The molecule has 1 aliphatic rings. The summed E-state index contributed by atoms with van der Waals surface area (Å²) in [5.74, 6) is 0.207. The SMILES string of the molecule is O=[N+]([O-])c1cc(C(F)(F)F)cc2nc(C3=NCCO3)sc12. The lowest BCUT2D eigenvalue weighted by atomic mass is 10.2. The van der Waals surface area contributed by atoms with Gasteiger partial charge in [-0.25, -0.2) is 9.98 Å². The normalized spacial score (nSPS) is 15.1. The van der Waals surface area contributed by atoms with Crippen LogP contribution in [0.1, 0.15) is 10.6 Å². The Morgan fingerprint density at radius 2 is 2.14 bits per heavy atom. The minimum atomic E-state index is -4.68. The Morgan fingerprint density at radius 1 is 1.38 bits per heavy atom. The lowest BCUT2D eigenvalue weighted by Crippen LogP contribution is -2.05. The molecule has 6 nitrogen and oxygen atoms in total. The average Bonchev–Trinajstić information content (AvgIpc) is 3.04. The summed E-state index contributed by atoms with van der Waals surface area (Å²) in [6.07, 6.45) is -4.68. The number of non-ortho nitro benzene ring substituents is 1. The molecule has 0 spiro atoms. The van der Waals surface area contributed by atoms with E-state index in [2.05, 4.69) is 9.98 Å². The summed E-state index contributed by atoms with van der Waals surface area (Å²) in [7, 11) is 0. The van der Waals surface area contributed by atoms with Gasteiger partial charge in [-0.15, -0.1) is 11.3 Å². The first kappa shape index (κ1) is 13.7. The number of alkyl halides is 3. The minimum Gasteiger partial charge on any atom is -0.474 e. The second-order valence-corrected chi connectivity index (χ2v) is 5.15. The third-order valence-corrected chi connectivity index (χ3v) is 3.84. The first-order chi connectivity index (χ1) is 9.86. The maximum atomic E-state index is 12.8. The van der Waals surface area contributed by atoms with Gasteiger partial charge < -0.3 is 4.74 Å². The second-order valence-electron chi connectivity index (χ2n) is 4.15. The predicted octanol–water partition coefficient (Wildman–Crippen LogP) is 3.00. The molecule has 0 fully saturated rings. The van der Waals surface area contributed by atoms with Crippen molar-refractivity contribution < 1.29 is 22.8 Å². The van der Waals surface area contributed by atoms with Gasteiger partial charge in [-0.3, -0.25) is 10.1 Å². The molecular formula is C11H6F3N3O3S. The number of nitro groups is 1. The Kier molecular flexibility index (Phi) is 3.04. The van der Waals surface area contributed by atoms with E-state index < -0.39 is 22.4 Å². The molecule has 1 aliphatic heterocycles. The van der Waals surface area contributed by atoms with Crippen molar-refractivity contribution in [3.8, 4) is 0 Å². The molecule has 0 unspecified atom stereocenters. The van der Waals surface area contributed by atoms with Gasteiger partial charge in [-0.05, 0) is 6.07 Å². The van der Waals surface area contributed by atoms with Crippen LogP contribution in [0.5, 0.6) is 0 Å². The van der Waals surface area contributed by atoms with Gasteiger partial charge in [0.05, 0.1) is 22.5 Å². The number of aromatic nitrogens is 1. The Hall–Kier alpha value is -2.23. The van der Waals surface area contributed by atoms with Gasteiger partial charge in [0.15, 0.2) is 5.01 Å². The van der Waals surface area contributed by atoms with Gasteiger partial charge >= 0.3 is 6.18 Å². The van der Waals surface area contributed by atoms with Crippen molar-refractivity contribution in [1.82, 2.24) is 4.98 Å². The maximum Gasteiger partial charge on any atom is 0.416 e. The fourth-order valence-corrected chi connectivity index (χ4v) is 2.87. The summed E-state index contributed by atoms with van der Waals surface area (Å²) < 4.78 is 43.6. The van der Waals surface area contributed by atoms with Crippen LogP contribution in [-0.2, 0) is 10.9 Å².